The number of nitrogens with zero attached hydrogens (tertiary/aromatic N) is 1. The Kier molecular flexibility index (Phi) is 3.99. The molecule has 3 aromatic rings. The van der Waals surface area contributed by atoms with E-state index >= 15 is 0 Å². The number of carbonyl (C=O) groups excluding carboxylic acids is 3. The number of ketones is 1. The maximum absolute atomic E-state index is 13.6. The van der Waals surface area contributed by atoms with E-state index in [1.807, 2.05) is 6.07 Å². The van der Waals surface area contributed by atoms with E-state index in [2.05, 4.69) is 10.3 Å². The number of fused-ring (bicyclic) bond motifs is 1. The third-order valence-corrected chi connectivity index (χ3v) is 4.96. The number of Topliss-reactive ketones (excluding diaryl/α,β-unsaturated/α-hetero) is 1. The van der Waals surface area contributed by atoms with Gasteiger partial charge in [-0.3, -0.25) is 14.5 Å². The van der Waals surface area contributed by atoms with E-state index in [1.54, 1.807) is 18.2 Å². The maximum Gasteiger partial charge on any atom is 0.325 e. The number of para-hydroxylation sites is 1. The molecule has 2 N–H and O–H groups in total. The van der Waals surface area contributed by atoms with Crippen molar-refractivity contribution >= 4 is 28.6 Å². The normalized spacial score (nSPS) is 19.3. The minimum absolute atomic E-state index is 0.0896. The lowest BCUT2D eigenvalue weighted by Gasteiger charge is -2.22. The van der Waals surface area contributed by atoms with Crippen molar-refractivity contribution in [1.29, 1.82) is 0 Å². The molecule has 1 aliphatic rings. The number of aromatic nitrogens is 1. The number of hydrogen-bond donors (Lipinski definition) is 2. The highest BCUT2D eigenvalue weighted by Gasteiger charge is 2.49. The summed E-state index contributed by atoms with van der Waals surface area (Å²) >= 11 is 0. The van der Waals surface area contributed by atoms with Crippen LogP contribution in [0.2, 0.25) is 0 Å². The molecule has 2 aromatic carbocycles. The van der Waals surface area contributed by atoms with E-state index in [9.17, 15) is 23.2 Å². The Balaban J connectivity index is 1.62. The predicted molar refractivity (Wildman–Crippen MR) is 96.6 cm³/mol. The van der Waals surface area contributed by atoms with Gasteiger partial charge in [-0.1, -0.05) is 24.3 Å². The first-order valence-electron chi connectivity index (χ1n) is 8.50. The van der Waals surface area contributed by atoms with Crippen LogP contribution in [0.15, 0.2) is 48.7 Å². The summed E-state index contributed by atoms with van der Waals surface area (Å²) in [6, 6.07) is 9.36. The second kappa shape index (κ2) is 6.26. The summed E-state index contributed by atoms with van der Waals surface area (Å²) < 4.78 is 26.8. The van der Waals surface area contributed by atoms with Crippen LogP contribution in [0.1, 0.15) is 22.8 Å². The Bertz CT molecular complexity index is 1140. The van der Waals surface area contributed by atoms with Crippen molar-refractivity contribution in [2.75, 3.05) is 6.54 Å². The molecule has 0 aliphatic carbocycles. The van der Waals surface area contributed by atoms with Gasteiger partial charge in [0.2, 0.25) is 0 Å². The first-order chi connectivity index (χ1) is 13.3. The highest BCUT2D eigenvalue weighted by Crippen LogP contribution is 2.30. The van der Waals surface area contributed by atoms with Crippen molar-refractivity contribution in [2.24, 2.45) is 0 Å². The molecule has 6 nitrogen and oxygen atoms in total. The summed E-state index contributed by atoms with van der Waals surface area (Å²) in [6.07, 6.45) is 1.53. The van der Waals surface area contributed by atoms with Gasteiger partial charge in [-0.15, -0.1) is 0 Å². The van der Waals surface area contributed by atoms with Gasteiger partial charge in [0.25, 0.3) is 5.91 Å². The lowest BCUT2D eigenvalue weighted by molar-refractivity contribution is -0.130. The number of imide groups is 1. The van der Waals surface area contributed by atoms with Crippen LogP contribution in [-0.2, 0) is 10.3 Å². The summed E-state index contributed by atoms with van der Waals surface area (Å²) in [5.41, 5.74) is -0.384. The van der Waals surface area contributed by atoms with Crippen molar-refractivity contribution in [1.82, 2.24) is 15.2 Å². The van der Waals surface area contributed by atoms with Crippen LogP contribution in [0, 0.1) is 11.6 Å². The van der Waals surface area contributed by atoms with Crippen molar-refractivity contribution in [3.63, 3.8) is 0 Å². The van der Waals surface area contributed by atoms with Gasteiger partial charge in [-0.2, -0.15) is 0 Å². The number of hydrogen-bond acceptors (Lipinski definition) is 3. The standard InChI is InChI=1S/C20H15F2N3O3/c1-20(11-6-7-14(21)15(22)8-11)18(27)25(19(28)24-20)10-17(26)13-9-23-16-5-3-2-4-12(13)16/h2-9,23H,10H2,1H3,(H,24,28). The number of halogens is 2. The zero-order valence-electron chi connectivity index (χ0n) is 14.8. The smallest absolute Gasteiger partial charge is 0.325 e. The highest BCUT2D eigenvalue weighted by molar-refractivity contribution is 6.14. The molecule has 0 radical (unpaired) electrons. The van der Waals surface area contributed by atoms with Crippen LogP contribution >= 0.6 is 0 Å². The minimum atomic E-state index is -1.59. The number of H-pyrrole nitrogens is 1. The van der Waals surface area contributed by atoms with Crippen LogP contribution in [0.4, 0.5) is 13.6 Å². The molecule has 28 heavy (non-hydrogen) atoms. The second-order valence-electron chi connectivity index (χ2n) is 6.75. The Morgan fingerprint density at radius 1 is 1.11 bits per heavy atom. The molecule has 3 amide bonds. The molecule has 2 heterocycles. The molecule has 1 fully saturated rings. The average molecular weight is 383 g/mol. The Labute approximate surface area is 158 Å². The van der Waals surface area contributed by atoms with E-state index in [4.69, 9.17) is 0 Å². The van der Waals surface area contributed by atoms with Gasteiger partial charge in [-0.05, 0) is 30.7 Å². The topological polar surface area (TPSA) is 82.3 Å². The molecule has 1 aromatic heterocycles. The fourth-order valence-corrected chi connectivity index (χ4v) is 3.37. The third-order valence-electron chi connectivity index (χ3n) is 4.96. The molecule has 1 unspecified atom stereocenters. The summed E-state index contributed by atoms with van der Waals surface area (Å²) in [6.45, 7) is 0.919. The first-order valence-corrected chi connectivity index (χ1v) is 8.50. The lowest BCUT2D eigenvalue weighted by Crippen LogP contribution is -2.41. The van der Waals surface area contributed by atoms with E-state index in [-0.39, 0.29) is 5.56 Å². The van der Waals surface area contributed by atoms with Gasteiger partial charge < -0.3 is 10.3 Å². The molecule has 1 aliphatic heterocycles. The van der Waals surface area contributed by atoms with Crippen LogP contribution in [0.3, 0.4) is 0 Å². The molecule has 1 saturated heterocycles. The fourth-order valence-electron chi connectivity index (χ4n) is 3.37. The quantitative estimate of drug-likeness (QED) is 0.537. The molecular weight excluding hydrogens is 368 g/mol. The van der Waals surface area contributed by atoms with Crippen molar-refractivity contribution in [3.8, 4) is 0 Å². The Hall–Kier alpha value is -3.55. The molecular formula is C20H15F2N3O3. The summed E-state index contributed by atoms with van der Waals surface area (Å²) in [4.78, 5) is 41.7. The average Bonchev–Trinajstić information content (AvgIpc) is 3.19. The molecule has 1 atom stereocenters. The number of benzene rings is 2. The number of rotatable bonds is 4. The monoisotopic (exact) mass is 383 g/mol. The Morgan fingerprint density at radius 2 is 1.86 bits per heavy atom. The zero-order chi connectivity index (χ0) is 20.1. The predicted octanol–water partition coefficient (Wildman–Crippen LogP) is 3.10. The summed E-state index contributed by atoms with van der Waals surface area (Å²) in [7, 11) is 0. The SMILES string of the molecule is CC1(c2ccc(F)c(F)c2)NC(=O)N(CC(=O)c2c[nH]c3ccccc23)C1=O. The minimum Gasteiger partial charge on any atom is -0.360 e. The Morgan fingerprint density at radius 3 is 2.61 bits per heavy atom. The zero-order valence-corrected chi connectivity index (χ0v) is 14.8. The molecule has 4 rings (SSSR count). The van der Waals surface area contributed by atoms with Gasteiger partial charge in [0.15, 0.2) is 17.4 Å². The van der Waals surface area contributed by atoms with Gasteiger partial charge >= 0.3 is 6.03 Å². The van der Waals surface area contributed by atoms with E-state index in [1.165, 1.54) is 19.2 Å². The molecule has 8 heteroatoms. The van der Waals surface area contributed by atoms with Gasteiger partial charge in [0.1, 0.15) is 5.54 Å². The van der Waals surface area contributed by atoms with Crippen molar-refractivity contribution < 1.29 is 23.2 Å². The number of amides is 3. The lowest BCUT2D eigenvalue weighted by atomic mass is 9.92. The molecule has 142 valence electrons. The highest BCUT2D eigenvalue weighted by atomic mass is 19.2. The largest absolute Gasteiger partial charge is 0.360 e. The van der Waals surface area contributed by atoms with Gasteiger partial charge in [0, 0.05) is 22.7 Å². The summed E-state index contributed by atoms with van der Waals surface area (Å²) in [5.74, 6) is -3.32. The van der Waals surface area contributed by atoms with Crippen molar-refractivity contribution in [3.05, 3.63) is 71.4 Å². The van der Waals surface area contributed by atoms with Gasteiger partial charge in [0.05, 0.1) is 6.54 Å². The molecule has 0 saturated carbocycles. The number of urea groups is 1. The van der Waals surface area contributed by atoms with E-state index < -0.39 is 41.4 Å². The third kappa shape index (κ3) is 2.65. The molecule has 0 bridgehead atoms. The maximum atomic E-state index is 13.6. The number of aromatic amines is 1. The van der Waals surface area contributed by atoms with Gasteiger partial charge in [-0.25, -0.2) is 13.6 Å². The van der Waals surface area contributed by atoms with Crippen LogP contribution in [-0.4, -0.2) is 34.2 Å². The van der Waals surface area contributed by atoms with Crippen LogP contribution in [0.5, 0.6) is 0 Å². The van der Waals surface area contributed by atoms with Crippen molar-refractivity contribution in [2.45, 2.75) is 12.5 Å². The number of carbonyl (C=O) groups is 3. The summed E-state index contributed by atoms with van der Waals surface area (Å²) in [5, 5.41) is 3.15. The van der Waals surface area contributed by atoms with Crippen LogP contribution < -0.4 is 5.32 Å². The van der Waals surface area contributed by atoms with E-state index in [0.717, 1.165) is 22.5 Å². The van der Waals surface area contributed by atoms with E-state index in [0.29, 0.717) is 10.9 Å². The number of nitrogens with one attached hydrogen (secondary N) is 2. The first kappa shape index (κ1) is 17.8. The fraction of sp³-hybridized carbons (Fsp3) is 0.150. The second-order valence-corrected chi connectivity index (χ2v) is 6.75. The van der Waals surface area contributed by atoms with Crippen LogP contribution in [0.25, 0.3) is 10.9 Å². The molecule has 0 spiro atoms.